The molecular formula is C19H24N4O. The maximum absolute atomic E-state index is 12.2. The highest BCUT2D eigenvalue weighted by Gasteiger charge is 2.23. The molecule has 2 heterocycles. The van der Waals surface area contributed by atoms with Crippen molar-refractivity contribution < 1.29 is 4.79 Å². The smallest absolute Gasteiger partial charge is 0.254 e. The minimum Gasteiger partial charge on any atom is -0.348 e. The average Bonchev–Trinajstić information content (AvgIpc) is 2.67. The highest BCUT2D eigenvalue weighted by molar-refractivity contribution is 5.93. The number of amides is 1. The van der Waals surface area contributed by atoms with Crippen molar-refractivity contribution in [3.05, 3.63) is 53.9 Å². The summed E-state index contributed by atoms with van der Waals surface area (Å²) < 4.78 is 0. The van der Waals surface area contributed by atoms with E-state index in [-0.39, 0.29) is 5.91 Å². The zero-order valence-corrected chi connectivity index (χ0v) is 14.1. The summed E-state index contributed by atoms with van der Waals surface area (Å²) >= 11 is 0. The van der Waals surface area contributed by atoms with Gasteiger partial charge in [-0.3, -0.25) is 4.79 Å². The number of carbonyl (C=O) groups is 1. The molecule has 24 heavy (non-hydrogen) atoms. The summed E-state index contributed by atoms with van der Waals surface area (Å²) in [5.74, 6) is 0.595. The van der Waals surface area contributed by atoms with Gasteiger partial charge in [-0.1, -0.05) is 37.3 Å². The van der Waals surface area contributed by atoms with Crippen LogP contribution in [0.1, 0.15) is 48.5 Å². The molecule has 5 nitrogen and oxygen atoms in total. The summed E-state index contributed by atoms with van der Waals surface area (Å²) in [4.78, 5) is 23.4. The van der Waals surface area contributed by atoms with Crippen LogP contribution in [-0.2, 0) is 6.54 Å². The van der Waals surface area contributed by atoms with Crippen molar-refractivity contribution in [1.82, 2.24) is 15.3 Å². The first kappa shape index (κ1) is 16.4. The Morgan fingerprint density at radius 2 is 1.96 bits per heavy atom. The zero-order chi connectivity index (χ0) is 16.8. The topological polar surface area (TPSA) is 58.1 Å². The molecule has 5 heteroatoms. The Balaban J connectivity index is 1.62. The first-order valence-electron chi connectivity index (χ1n) is 8.68. The zero-order valence-electron chi connectivity index (χ0n) is 14.1. The van der Waals surface area contributed by atoms with Gasteiger partial charge in [0.15, 0.2) is 0 Å². The Labute approximate surface area is 143 Å². The number of rotatable bonds is 5. The van der Waals surface area contributed by atoms with Crippen molar-refractivity contribution in [2.24, 2.45) is 0 Å². The molecule has 2 aromatic rings. The predicted molar refractivity (Wildman–Crippen MR) is 94.9 cm³/mol. The largest absolute Gasteiger partial charge is 0.348 e. The third-order valence-electron chi connectivity index (χ3n) is 4.55. The number of nitrogens with zero attached hydrogens (tertiary/aromatic N) is 3. The quantitative estimate of drug-likeness (QED) is 0.918. The van der Waals surface area contributed by atoms with Gasteiger partial charge in [-0.05, 0) is 31.2 Å². The first-order valence-corrected chi connectivity index (χ1v) is 8.68. The fourth-order valence-electron chi connectivity index (χ4n) is 3.16. The van der Waals surface area contributed by atoms with Gasteiger partial charge < -0.3 is 10.2 Å². The lowest BCUT2D eigenvalue weighted by Crippen LogP contribution is -2.40. The Hall–Kier alpha value is -2.43. The van der Waals surface area contributed by atoms with Gasteiger partial charge in [0, 0.05) is 31.5 Å². The summed E-state index contributed by atoms with van der Waals surface area (Å²) in [6.07, 6.45) is 8.00. The highest BCUT2D eigenvalue weighted by atomic mass is 16.1. The summed E-state index contributed by atoms with van der Waals surface area (Å²) in [6.45, 7) is 3.71. The molecule has 1 atom stereocenters. The third-order valence-corrected chi connectivity index (χ3v) is 4.55. The van der Waals surface area contributed by atoms with Gasteiger partial charge in [0.2, 0.25) is 5.95 Å². The molecule has 1 aliphatic rings. The van der Waals surface area contributed by atoms with Crippen molar-refractivity contribution >= 4 is 11.9 Å². The van der Waals surface area contributed by atoms with E-state index >= 15 is 0 Å². The van der Waals surface area contributed by atoms with Gasteiger partial charge >= 0.3 is 0 Å². The van der Waals surface area contributed by atoms with E-state index in [0.717, 1.165) is 24.5 Å². The third kappa shape index (κ3) is 3.91. The van der Waals surface area contributed by atoms with E-state index in [4.69, 9.17) is 0 Å². The molecule has 1 N–H and O–H groups in total. The van der Waals surface area contributed by atoms with Crippen LogP contribution in [0.15, 0.2) is 42.7 Å². The summed E-state index contributed by atoms with van der Waals surface area (Å²) in [7, 11) is 0. The summed E-state index contributed by atoms with van der Waals surface area (Å²) in [5.41, 5.74) is 1.57. The van der Waals surface area contributed by atoms with Crippen LogP contribution in [0.25, 0.3) is 0 Å². The van der Waals surface area contributed by atoms with Crippen LogP contribution in [0, 0.1) is 0 Å². The number of hydrogen-bond donors (Lipinski definition) is 1. The highest BCUT2D eigenvalue weighted by Crippen LogP contribution is 2.23. The average molecular weight is 324 g/mol. The van der Waals surface area contributed by atoms with Gasteiger partial charge in [-0.15, -0.1) is 0 Å². The number of aromatic nitrogens is 2. The van der Waals surface area contributed by atoms with Crippen molar-refractivity contribution in [3.8, 4) is 0 Å². The summed E-state index contributed by atoms with van der Waals surface area (Å²) in [6, 6.07) is 10.4. The Kier molecular flexibility index (Phi) is 5.41. The number of anilines is 1. The number of carbonyl (C=O) groups excluding carboxylic acids is 1. The van der Waals surface area contributed by atoms with E-state index in [9.17, 15) is 4.79 Å². The number of nitrogens with one attached hydrogen (secondary N) is 1. The molecule has 0 bridgehead atoms. The van der Waals surface area contributed by atoms with Gasteiger partial charge in [-0.25, -0.2) is 9.97 Å². The van der Waals surface area contributed by atoms with Crippen molar-refractivity contribution in [1.29, 1.82) is 0 Å². The number of hydrogen-bond acceptors (Lipinski definition) is 4. The minimum atomic E-state index is -0.143. The van der Waals surface area contributed by atoms with E-state index in [1.807, 2.05) is 30.3 Å². The van der Waals surface area contributed by atoms with Crippen molar-refractivity contribution in [2.75, 3.05) is 11.4 Å². The Morgan fingerprint density at radius 1 is 1.21 bits per heavy atom. The van der Waals surface area contributed by atoms with Gasteiger partial charge in [0.25, 0.3) is 5.91 Å². The molecule has 1 fully saturated rings. The molecule has 1 aromatic carbocycles. The Bertz CT molecular complexity index is 657. The molecule has 1 saturated heterocycles. The second-order valence-electron chi connectivity index (χ2n) is 6.19. The molecule has 1 amide bonds. The van der Waals surface area contributed by atoms with Gasteiger partial charge in [-0.2, -0.15) is 0 Å². The molecule has 0 radical (unpaired) electrons. The molecule has 126 valence electrons. The lowest BCUT2D eigenvalue weighted by molar-refractivity contribution is 0.0950. The van der Waals surface area contributed by atoms with Crippen LogP contribution in [-0.4, -0.2) is 28.5 Å². The van der Waals surface area contributed by atoms with E-state index in [1.54, 1.807) is 12.4 Å². The maximum Gasteiger partial charge on any atom is 0.254 e. The molecule has 1 aliphatic heterocycles. The van der Waals surface area contributed by atoms with Crippen molar-refractivity contribution in [2.45, 2.75) is 45.2 Å². The fourth-order valence-corrected chi connectivity index (χ4v) is 3.16. The standard InChI is InChI=1S/C19H24N4O/c1-2-17-10-6-7-11-23(17)19-21-13-16(14-22-19)18(24)20-12-15-8-4-3-5-9-15/h3-5,8-9,13-14,17H,2,6-7,10-12H2,1H3,(H,20,24). The SMILES string of the molecule is CCC1CCCCN1c1ncc(C(=O)NCc2ccccc2)cn1. The molecule has 0 spiro atoms. The predicted octanol–water partition coefficient (Wildman–Crippen LogP) is 3.18. The first-order chi connectivity index (χ1) is 11.8. The van der Waals surface area contributed by atoms with Gasteiger partial charge in [0.1, 0.15) is 0 Å². The monoisotopic (exact) mass is 324 g/mol. The van der Waals surface area contributed by atoms with Gasteiger partial charge in [0.05, 0.1) is 5.56 Å². The molecule has 0 saturated carbocycles. The van der Waals surface area contributed by atoms with E-state index < -0.39 is 0 Å². The van der Waals surface area contributed by atoms with Crippen LogP contribution in [0.5, 0.6) is 0 Å². The lowest BCUT2D eigenvalue weighted by Gasteiger charge is -2.35. The van der Waals surface area contributed by atoms with Crippen LogP contribution in [0.2, 0.25) is 0 Å². The maximum atomic E-state index is 12.2. The van der Waals surface area contributed by atoms with E-state index in [1.165, 1.54) is 19.3 Å². The number of piperidine rings is 1. The second-order valence-corrected chi connectivity index (χ2v) is 6.19. The van der Waals surface area contributed by atoms with Crippen LogP contribution >= 0.6 is 0 Å². The Morgan fingerprint density at radius 3 is 2.67 bits per heavy atom. The molecule has 3 rings (SSSR count). The summed E-state index contributed by atoms with van der Waals surface area (Å²) in [5, 5.41) is 2.90. The fraction of sp³-hybridized carbons (Fsp3) is 0.421. The van der Waals surface area contributed by atoms with Crippen molar-refractivity contribution in [3.63, 3.8) is 0 Å². The second kappa shape index (κ2) is 7.90. The van der Waals surface area contributed by atoms with Crippen LogP contribution in [0.3, 0.4) is 0 Å². The van der Waals surface area contributed by atoms with E-state index in [2.05, 4.69) is 27.1 Å². The minimum absolute atomic E-state index is 0.143. The van der Waals surface area contributed by atoms with E-state index in [0.29, 0.717) is 18.2 Å². The molecule has 0 aliphatic carbocycles. The molecule has 1 unspecified atom stereocenters. The lowest BCUT2D eigenvalue weighted by atomic mass is 10.0. The normalized spacial score (nSPS) is 17.5. The van der Waals surface area contributed by atoms with Crippen LogP contribution < -0.4 is 10.2 Å². The molecular weight excluding hydrogens is 300 g/mol. The molecule has 1 aromatic heterocycles. The number of benzene rings is 1. The van der Waals surface area contributed by atoms with Crippen LogP contribution in [0.4, 0.5) is 5.95 Å².